The first kappa shape index (κ1) is 28.9. The zero-order chi connectivity index (χ0) is 30.5. The highest BCUT2D eigenvalue weighted by Gasteiger charge is 2.76. The Morgan fingerprint density at radius 3 is 2.48 bits per heavy atom. The lowest BCUT2D eigenvalue weighted by molar-refractivity contribution is -0.384. The lowest BCUT2D eigenvalue weighted by Gasteiger charge is -2.50. The third-order valence-electron chi connectivity index (χ3n) is 8.92. The largest absolute Gasteiger partial charge is 0.504 e. The fraction of sp³-hybridized carbons (Fsp3) is 0.357. The number of nitro groups is 1. The van der Waals surface area contributed by atoms with Gasteiger partial charge in [-0.25, -0.2) is 4.90 Å². The minimum atomic E-state index is -1.98. The number of aromatic hydroxyl groups is 1. The second kappa shape index (κ2) is 9.64. The lowest BCUT2D eigenvalue weighted by atomic mass is 9.56. The predicted molar refractivity (Wildman–Crippen MR) is 158 cm³/mol. The molecule has 2 aliphatic heterocycles. The van der Waals surface area contributed by atoms with Crippen molar-refractivity contribution in [3.8, 4) is 11.5 Å². The molecule has 1 N–H and O–H groups in total. The maximum absolute atomic E-state index is 14.0. The third kappa shape index (κ3) is 3.63. The zero-order valence-corrected chi connectivity index (χ0v) is 25.7. The van der Waals surface area contributed by atoms with Gasteiger partial charge in [-0.2, -0.15) is 0 Å². The molecule has 0 spiro atoms. The summed E-state index contributed by atoms with van der Waals surface area (Å²) in [5, 5.41) is 21.9. The van der Waals surface area contributed by atoms with Gasteiger partial charge in [0.15, 0.2) is 21.2 Å². The van der Waals surface area contributed by atoms with Gasteiger partial charge in [-0.15, -0.1) is 23.2 Å². The van der Waals surface area contributed by atoms with Crippen molar-refractivity contribution in [1.29, 1.82) is 0 Å². The van der Waals surface area contributed by atoms with E-state index in [2.05, 4.69) is 0 Å². The van der Waals surface area contributed by atoms with E-state index in [9.17, 15) is 34.4 Å². The van der Waals surface area contributed by atoms with Crippen LogP contribution in [-0.2, 0) is 19.2 Å². The molecule has 218 valence electrons. The number of hydrogen-bond acceptors (Lipinski definition) is 8. The summed E-state index contributed by atoms with van der Waals surface area (Å²) in [7, 11) is 2.67. The number of benzene rings is 2. The predicted octanol–water partition coefficient (Wildman–Crippen LogP) is 4.11. The van der Waals surface area contributed by atoms with Crippen molar-refractivity contribution >= 4 is 80.8 Å². The number of fused-ring (bicyclic) bond motifs is 4. The van der Waals surface area contributed by atoms with Crippen molar-refractivity contribution < 1.29 is 33.9 Å². The number of ether oxygens (including phenoxy) is 1. The highest BCUT2D eigenvalue weighted by atomic mass is 127. The summed E-state index contributed by atoms with van der Waals surface area (Å²) in [5.74, 6) is -6.08. The first-order valence-electron chi connectivity index (χ1n) is 12.9. The van der Waals surface area contributed by atoms with Gasteiger partial charge in [0.05, 0.1) is 33.1 Å². The molecule has 3 fully saturated rings. The molecule has 42 heavy (non-hydrogen) atoms. The van der Waals surface area contributed by atoms with Crippen LogP contribution in [-0.4, -0.2) is 62.5 Å². The standard InChI is InChI=1S/C28H22Cl2IN3O8/c1-32-25(38)27(29)11-17-15(21(28(27,30)26(32)39)12-8-18(31)22(35)19(9-12)42-2)6-7-16-20(17)24(37)33(23(16)36)13-4-3-5-14(10-13)34(40)41/h3-6,8-10,16-17,20-21,35H,7,11H2,1-2H3/t16-,17+,20-,21-,27+,28-/m0/s1. The van der Waals surface area contributed by atoms with Gasteiger partial charge in [0.2, 0.25) is 11.8 Å². The molecule has 14 heteroatoms. The van der Waals surface area contributed by atoms with Gasteiger partial charge in [0, 0.05) is 25.1 Å². The molecule has 2 heterocycles. The van der Waals surface area contributed by atoms with E-state index in [1.165, 1.54) is 38.4 Å². The van der Waals surface area contributed by atoms with Crippen LogP contribution in [0.5, 0.6) is 11.5 Å². The molecule has 2 aromatic carbocycles. The number of imide groups is 2. The fourth-order valence-electron chi connectivity index (χ4n) is 7.03. The van der Waals surface area contributed by atoms with E-state index < -0.39 is 62.0 Å². The molecular formula is C28H22Cl2IN3O8. The second-order valence-electron chi connectivity index (χ2n) is 10.8. The summed E-state index contributed by atoms with van der Waals surface area (Å²) >= 11 is 16.2. The van der Waals surface area contributed by atoms with Crippen LogP contribution in [0.2, 0.25) is 0 Å². The van der Waals surface area contributed by atoms with E-state index in [1.807, 2.05) is 22.6 Å². The minimum absolute atomic E-state index is 0.0689. The highest BCUT2D eigenvalue weighted by Crippen LogP contribution is 2.65. The number of likely N-dealkylation sites (tertiary alicyclic amines) is 1. The number of phenols is 1. The summed E-state index contributed by atoms with van der Waals surface area (Å²) in [6.07, 6.45) is 1.72. The highest BCUT2D eigenvalue weighted by molar-refractivity contribution is 14.1. The van der Waals surface area contributed by atoms with Crippen LogP contribution < -0.4 is 9.64 Å². The summed E-state index contributed by atoms with van der Waals surface area (Å²) in [6, 6.07) is 8.40. The number of nitro benzene ring substituents is 1. The van der Waals surface area contributed by atoms with Gasteiger partial charge in [0.25, 0.3) is 17.5 Å². The van der Waals surface area contributed by atoms with Gasteiger partial charge < -0.3 is 9.84 Å². The molecule has 0 bridgehead atoms. The Labute approximate surface area is 262 Å². The van der Waals surface area contributed by atoms with Crippen molar-refractivity contribution in [2.24, 2.45) is 17.8 Å². The van der Waals surface area contributed by atoms with Crippen molar-refractivity contribution in [2.45, 2.75) is 28.5 Å². The maximum Gasteiger partial charge on any atom is 0.271 e. The molecule has 2 saturated heterocycles. The summed E-state index contributed by atoms with van der Waals surface area (Å²) in [5.41, 5.74) is 0.802. The Kier molecular flexibility index (Phi) is 6.63. The van der Waals surface area contributed by atoms with Crippen LogP contribution >= 0.6 is 45.8 Å². The number of carbonyl (C=O) groups is 4. The minimum Gasteiger partial charge on any atom is -0.504 e. The van der Waals surface area contributed by atoms with Crippen molar-refractivity contribution in [1.82, 2.24) is 4.90 Å². The average Bonchev–Trinajstić information content (AvgIpc) is 3.29. The summed E-state index contributed by atoms with van der Waals surface area (Å²) < 4.78 is 5.75. The van der Waals surface area contributed by atoms with E-state index in [0.29, 0.717) is 14.7 Å². The number of non-ortho nitro benzene ring substituents is 1. The molecule has 0 aromatic heterocycles. The normalized spacial score (nSPS) is 32.0. The molecule has 4 aliphatic rings. The van der Waals surface area contributed by atoms with E-state index >= 15 is 0 Å². The number of halogens is 3. The Bertz CT molecular complexity index is 1670. The van der Waals surface area contributed by atoms with E-state index in [-0.39, 0.29) is 35.7 Å². The Balaban J connectivity index is 1.52. The molecule has 6 rings (SSSR count). The quantitative estimate of drug-likeness (QED) is 0.124. The number of phenolic OH excluding ortho intramolecular Hbond substituents is 1. The Morgan fingerprint density at radius 2 is 1.81 bits per heavy atom. The van der Waals surface area contributed by atoms with Crippen LogP contribution in [0.4, 0.5) is 11.4 Å². The Morgan fingerprint density at radius 1 is 1.10 bits per heavy atom. The van der Waals surface area contributed by atoms with Crippen LogP contribution in [0.3, 0.4) is 0 Å². The van der Waals surface area contributed by atoms with Crippen molar-refractivity contribution in [3.05, 3.63) is 67.3 Å². The number of carbonyl (C=O) groups excluding carboxylic acids is 4. The molecule has 6 atom stereocenters. The van der Waals surface area contributed by atoms with E-state index in [4.69, 9.17) is 27.9 Å². The topological polar surface area (TPSA) is 147 Å². The van der Waals surface area contributed by atoms with Gasteiger partial charge in [0.1, 0.15) is 0 Å². The zero-order valence-electron chi connectivity index (χ0n) is 22.0. The van der Waals surface area contributed by atoms with E-state index in [1.54, 1.807) is 12.1 Å². The molecule has 1 saturated carbocycles. The molecule has 0 unspecified atom stereocenters. The number of methoxy groups -OCH3 is 1. The number of nitrogens with zero attached hydrogens (tertiary/aromatic N) is 3. The number of alkyl halides is 2. The van der Waals surface area contributed by atoms with Gasteiger partial charge in [-0.1, -0.05) is 17.7 Å². The third-order valence-corrected chi connectivity index (χ3v) is 11.2. The first-order chi connectivity index (χ1) is 19.8. The van der Waals surface area contributed by atoms with Gasteiger partial charge >= 0.3 is 0 Å². The van der Waals surface area contributed by atoms with Crippen molar-refractivity contribution in [2.75, 3.05) is 19.1 Å². The van der Waals surface area contributed by atoms with Crippen molar-refractivity contribution in [3.63, 3.8) is 0 Å². The smallest absolute Gasteiger partial charge is 0.271 e. The van der Waals surface area contributed by atoms with Gasteiger partial charge in [-0.05, 0) is 65.1 Å². The second-order valence-corrected chi connectivity index (χ2v) is 13.2. The van der Waals surface area contributed by atoms with E-state index in [0.717, 1.165) is 15.9 Å². The number of anilines is 1. The molecule has 0 radical (unpaired) electrons. The number of rotatable bonds is 4. The number of hydrogen-bond donors (Lipinski definition) is 1. The maximum atomic E-state index is 14.0. The molecule has 4 amide bonds. The lowest BCUT2D eigenvalue weighted by Crippen LogP contribution is -2.60. The molecule has 2 aromatic rings. The Hall–Kier alpha value is -3.23. The van der Waals surface area contributed by atoms with Gasteiger partial charge in [-0.3, -0.25) is 34.2 Å². The molecule has 2 aliphatic carbocycles. The molecular weight excluding hydrogens is 704 g/mol. The average molecular weight is 726 g/mol. The monoisotopic (exact) mass is 725 g/mol. The first-order valence-corrected chi connectivity index (χ1v) is 14.7. The summed E-state index contributed by atoms with van der Waals surface area (Å²) in [4.78, 5) is 63.6. The van der Waals surface area contributed by atoms with Crippen LogP contribution in [0.15, 0.2) is 48.0 Å². The summed E-state index contributed by atoms with van der Waals surface area (Å²) in [6.45, 7) is 0. The number of allylic oxidation sites excluding steroid dienone is 2. The SMILES string of the molecule is COc1cc([C@H]2C3=CC[C@@H]4C(=O)N(c5cccc([N+](=O)[O-])c5)C(=O)[C@@H]4[C@@H]3C[C@@]3(Cl)C(=O)N(C)C(=O)[C@@]23Cl)cc(I)c1O. The fourth-order valence-corrected chi connectivity index (χ4v) is 8.68. The van der Waals surface area contributed by atoms with Crippen LogP contribution in [0, 0.1) is 31.4 Å². The van der Waals surface area contributed by atoms with Crippen LogP contribution in [0.25, 0.3) is 0 Å². The van der Waals surface area contributed by atoms with Crippen LogP contribution in [0.1, 0.15) is 24.3 Å². The number of amides is 4. The molecule has 11 nitrogen and oxygen atoms in total.